The zero-order chi connectivity index (χ0) is 17.6. The summed E-state index contributed by atoms with van der Waals surface area (Å²) in [5, 5.41) is 0. The molecule has 2 bridgehead atoms. The predicted molar refractivity (Wildman–Crippen MR) is 94.7 cm³/mol. The summed E-state index contributed by atoms with van der Waals surface area (Å²) in [6.07, 6.45) is 8.94. The lowest BCUT2D eigenvalue weighted by molar-refractivity contribution is -0.140. The summed E-state index contributed by atoms with van der Waals surface area (Å²) >= 11 is 0. The van der Waals surface area contributed by atoms with Gasteiger partial charge in [-0.3, -0.25) is 4.79 Å². The molecule has 0 aromatic carbocycles. The number of amides is 1. The first-order valence-electron chi connectivity index (χ1n) is 8.68. The van der Waals surface area contributed by atoms with Crippen molar-refractivity contribution in [3.63, 3.8) is 0 Å². The Morgan fingerprint density at radius 2 is 2.08 bits per heavy atom. The van der Waals surface area contributed by atoms with Crippen LogP contribution in [0.2, 0.25) is 0 Å². The van der Waals surface area contributed by atoms with Gasteiger partial charge in [0.15, 0.2) is 17.0 Å². The molecule has 0 unspecified atom stereocenters. The van der Waals surface area contributed by atoms with Crippen LogP contribution >= 0.6 is 0 Å². The monoisotopic (exact) mass is 341 g/mol. The van der Waals surface area contributed by atoms with Gasteiger partial charge >= 0.3 is 0 Å². The average Bonchev–Trinajstić information content (AvgIpc) is 3.02. The molecule has 8 nitrogen and oxygen atoms in total. The molecule has 8 heteroatoms. The van der Waals surface area contributed by atoms with Gasteiger partial charge in [0, 0.05) is 27.6 Å². The molecule has 2 aromatic rings. The maximum Gasteiger partial charge on any atom is 0.222 e. The molecular weight excluding hydrogens is 318 g/mol. The van der Waals surface area contributed by atoms with Crippen LogP contribution in [0.5, 0.6) is 0 Å². The van der Waals surface area contributed by atoms with Gasteiger partial charge in [-0.15, -0.1) is 0 Å². The summed E-state index contributed by atoms with van der Waals surface area (Å²) < 4.78 is 2.11. The van der Waals surface area contributed by atoms with E-state index in [-0.39, 0.29) is 18.0 Å². The van der Waals surface area contributed by atoms with Crippen LogP contribution in [0, 0.1) is 5.92 Å². The molecule has 3 atom stereocenters. The first-order chi connectivity index (χ1) is 12.0. The smallest absolute Gasteiger partial charge is 0.222 e. The molecule has 2 aliphatic rings. The fourth-order valence-electron chi connectivity index (χ4n) is 4.06. The molecule has 0 spiro atoms. The molecule has 1 aliphatic heterocycles. The van der Waals surface area contributed by atoms with Crippen molar-refractivity contribution in [2.24, 2.45) is 10.9 Å². The maximum absolute atomic E-state index is 12.2. The van der Waals surface area contributed by atoms with Crippen molar-refractivity contribution in [2.45, 2.75) is 37.8 Å². The highest BCUT2D eigenvalue weighted by molar-refractivity contribution is 5.83. The Morgan fingerprint density at radius 3 is 2.88 bits per heavy atom. The number of aromatic nitrogens is 4. The maximum atomic E-state index is 12.2. The molecule has 0 radical (unpaired) electrons. The molecule has 2 fully saturated rings. The zero-order valence-corrected chi connectivity index (χ0v) is 14.8. The van der Waals surface area contributed by atoms with E-state index in [2.05, 4.69) is 24.5 Å². The van der Waals surface area contributed by atoms with Gasteiger partial charge in [-0.1, -0.05) is 0 Å². The molecule has 0 N–H and O–H groups in total. The number of likely N-dealkylation sites (N-methyl/N-ethyl adjacent to an activating group) is 1. The van der Waals surface area contributed by atoms with Crippen LogP contribution in [0.3, 0.4) is 0 Å². The molecule has 25 heavy (non-hydrogen) atoms. The SMILES string of the molecule is CN(C)C=Nc1ncnc2c1ncn2[C@@H]1CC[C@H]2CC(=O)N(C)[C@H]1C2. The number of imidazole rings is 1. The first-order valence-corrected chi connectivity index (χ1v) is 8.68. The molecule has 4 rings (SSSR count). The van der Waals surface area contributed by atoms with Gasteiger partial charge < -0.3 is 14.4 Å². The van der Waals surface area contributed by atoms with Crippen molar-refractivity contribution in [1.29, 1.82) is 0 Å². The lowest BCUT2D eigenvalue weighted by atomic mass is 9.76. The fourth-order valence-corrected chi connectivity index (χ4v) is 4.06. The lowest BCUT2D eigenvalue weighted by Crippen LogP contribution is -2.50. The second-order valence-corrected chi connectivity index (χ2v) is 7.25. The fraction of sp³-hybridized carbons (Fsp3) is 0.588. The molecule has 2 aromatic heterocycles. The van der Waals surface area contributed by atoms with E-state index in [1.165, 1.54) is 6.33 Å². The van der Waals surface area contributed by atoms with Crippen LogP contribution < -0.4 is 0 Å². The Bertz CT molecular complexity index is 828. The largest absolute Gasteiger partial charge is 0.369 e. The third kappa shape index (κ3) is 2.75. The standard InChI is InChI=1S/C17H23N7O/c1-22(2)9-21-16-15-17(19-8-18-16)24(10-20-15)12-5-4-11-6-13(12)23(3)14(25)7-11/h8-13H,4-7H2,1-3H3/t11-,12-,13+/m1/s1. The number of aliphatic imine (C=N–C) groups is 1. The Hall–Kier alpha value is -2.51. The second-order valence-electron chi connectivity index (χ2n) is 7.25. The molecule has 1 aliphatic carbocycles. The minimum absolute atomic E-state index is 0.205. The van der Waals surface area contributed by atoms with Gasteiger partial charge in [0.25, 0.3) is 0 Å². The van der Waals surface area contributed by atoms with E-state index in [0.717, 1.165) is 24.9 Å². The van der Waals surface area contributed by atoms with E-state index in [1.807, 2.05) is 37.3 Å². The molecule has 1 saturated carbocycles. The predicted octanol–water partition coefficient (Wildman–Crippen LogP) is 1.62. The van der Waals surface area contributed by atoms with Crippen LogP contribution in [0.15, 0.2) is 17.6 Å². The first kappa shape index (κ1) is 16.0. The van der Waals surface area contributed by atoms with Crippen LogP contribution in [0.1, 0.15) is 31.7 Å². The van der Waals surface area contributed by atoms with Crippen LogP contribution in [0.25, 0.3) is 11.2 Å². The minimum atomic E-state index is 0.205. The van der Waals surface area contributed by atoms with E-state index in [0.29, 0.717) is 23.7 Å². The van der Waals surface area contributed by atoms with E-state index in [9.17, 15) is 4.79 Å². The third-order valence-corrected chi connectivity index (χ3v) is 5.35. The molecular formula is C17H23N7O. The van der Waals surface area contributed by atoms with Gasteiger partial charge in [-0.25, -0.2) is 19.9 Å². The minimum Gasteiger partial charge on any atom is -0.369 e. The Kier molecular flexibility index (Phi) is 3.89. The highest BCUT2D eigenvalue weighted by Gasteiger charge is 2.41. The van der Waals surface area contributed by atoms with Gasteiger partial charge in [0.2, 0.25) is 5.91 Å². The number of likely N-dealkylation sites (tertiary alicyclic amines) is 1. The third-order valence-electron chi connectivity index (χ3n) is 5.35. The molecule has 1 amide bonds. The number of piperidine rings is 1. The summed E-state index contributed by atoms with van der Waals surface area (Å²) in [6.45, 7) is 0. The van der Waals surface area contributed by atoms with Crippen molar-refractivity contribution >= 4 is 29.2 Å². The van der Waals surface area contributed by atoms with E-state index < -0.39 is 0 Å². The summed E-state index contributed by atoms with van der Waals surface area (Å²) in [5.74, 6) is 1.34. The van der Waals surface area contributed by atoms with E-state index in [4.69, 9.17) is 0 Å². The van der Waals surface area contributed by atoms with E-state index >= 15 is 0 Å². The summed E-state index contributed by atoms with van der Waals surface area (Å²) in [7, 11) is 5.74. The topological polar surface area (TPSA) is 79.5 Å². The Labute approximate surface area is 146 Å². The molecule has 3 heterocycles. The highest BCUT2D eigenvalue weighted by atomic mass is 16.2. The number of hydrogen-bond donors (Lipinski definition) is 0. The number of carbonyl (C=O) groups excluding carboxylic acids is 1. The van der Waals surface area contributed by atoms with Gasteiger partial charge in [0.1, 0.15) is 6.33 Å². The number of carbonyl (C=O) groups is 1. The molecule has 1 saturated heterocycles. The van der Waals surface area contributed by atoms with E-state index in [1.54, 1.807) is 6.34 Å². The lowest BCUT2D eigenvalue weighted by Gasteiger charge is -2.45. The summed E-state index contributed by atoms with van der Waals surface area (Å²) in [6, 6.07) is 0.414. The summed E-state index contributed by atoms with van der Waals surface area (Å²) in [4.78, 5) is 33.6. The second kappa shape index (κ2) is 6.09. The van der Waals surface area contributed by atoms with Gasteiger partial charge in [0.05, 0.1) is 24.7 Å². The average molecular weight is 341 g/mol. The number of fused-ring (bicyclic) bond motifs is 3. The quantitative estimate of drug-likeness (QED) is 0.626. The normalized spacial score (nSPS) is 26.6. The van der Waals surface area contributed by atoms with Crippen molar-refractivity contribution in [3.8, 4) is 0 Å². The van der Waals surface area contributed by atoms with Crippen LogP contribution in [0.4, 0.5) is 5.82 Å². The van der Waals surface area contributed by atoms with Crippen LogP contribution in [-0.2, 0) is 4.79 Å². The van der Waals surface area contributed by atoms with Crippen LogP contribution in [-0.4, -0.2) is 68.7 Å². The Morgan fingerprint density at radius 1 is 1.24 bits per heavy atom. The molecule has 132 valence electrons. The van der Waals surface area contributed by atoms with Crippen molar-refractivity contribution < 1.29 is 4.79 Å². The van der Waals surface area contributed by atoms with Crippen molar-refractivity contribution in [3.05, 3.63) is 12.7 Å². The summed E-state index contributed by atoms with van der Waals surface area (Å²) in [5.41, 5.74) is 1.49. The number of nitrogens with zero attached hydrogens (tertiary/aromatic N) is 7. The van der Waals surface area contributed by atoms with Gasteiger partial charge in [-0.2, -0.15) is 0 Å². The van der Waals surface area contributed by atoms with Crippen molar-refractivity contribution in [1.82, 2.24) is 29.3 Å². The number of rotatable bonds is 3. The van der Waals surface area contributed by atoms with Crippen molar-refractivity contribution in [2.75, 3.05) is 21.1 Å². The highest BCUT2D eigenvalue weighted by Crippen LogP contribution is 2.41. The Balaban J connectivity index is 1.72. The number of hydrogen-bond acceptors (Lipinski definition) is 5. The zero-order valence-electron chi connectivity index (χ0n) is 14.8. The van der Waals surface area contributed by atoms with Gasteiger partial charge in [-0.05, 0) is 25.2 Å².